The molecular weight excluding hydrogens is 1020 g/mol. The van der Waals surface area contributed by atoms with Crippen molar-refractivity contribution in [3.8, 4) is 29.6 Å². The summed E-state index contributed by atoms with van der Waals surface area (Å²) in [4.78, 5) is 72.8. The molecule has 0 radical (unpaired) electrons. The number of nitrogens with zero attached hydrogens (tertiary/aromatic N) is 6. The molecule has 428 valence electrons. The van der Waals surface area contributed by atoms with Crippen LogP contribution in [0.1, 0.15) is 117 Å². The Bertz CT molecular complexity index is 2960. The number of hydrogen-bond acceptors (Lipinski definition) is 16. The van der Waals surface area contributed by atoms with Gasteiger partial charge in [0.1, 0.15) is 36.2 Å². The first-order chi connectivity index (χ1) is 38.9. The molecule has 2 bridgehead atoms. The van der Waals surface area contributed by atoms with Crippen LogP contribution in [0, 0.1) is 24.0 Å². The molecule has 9 rings (SSSR count). The smallest absolute Gasteiger partial charge is 0.319 e. The highest BCUT2D eigenvalue weighted by Crippen LogP contribution is 2.45. The van der Waals surface area contributed by atoms with Crippen molar-refractivity contribution in [2.24, 2.45) is 5.73 Å². The van der Waals surface area contributed by atoms with Gasteiger partial charge in [-0.3, -0.25) is 39.3 Å². The van der Waals surface area contributed by atoms with Gasteiger partial charge in [0, 0.05) is 84.9 Å². The van der Waals surface area contributed by atoms with Crippen LogP contribution in [0.5, 0.6) is 6.01 Å². The van der Waals surface area contributed by atoms with Gasteiger partial charge in [-0.15, -0.1) is 6.42 Å². The van der Waals surface area contributed by atoms with Crippen molar-refractivity contribution in [2.75, 3.05) is 77.4 Å². The lowest BCUT2D eigenvalue weighted by molar-refractivity contribution is -0.129. The lowest BCUT2D eigenvalue weighted by atomic mass is 9.94. The zero-order chi connectivity index (χ0) is 57.8. The van der Waals surface area contributed by atoms with Crippen LogP contribution in [0.4, 0.5) is 20.3 Å². The van der Waals surface area contributed by atoms with E-state index in [2.05, 4.69) is 49.0 Å². The van der Waals surface area contributed by atoms with Crippen LogP contribution in [0.2, 0.25) is 0 Å². The van der Waals surface area contributed by atoms with Crippen LogP contribution in [-0.2, 0) is 19.1 Å². The van der Waals surface area contributed by atoms with Gasteiger partial charge in [-0.1, -0.05) is 93.5 Å². The number of unbranched alkanes of at least 4 members (excludes halogenated alkanes) is 5. The molecule has 19 heteroatoms. The number of amides is 2. The first kappa shape index (κ1) is 62.1. The molecule has 5 atom stereocenters. The first-order valence-corrected chi connectivity index (χ1v) is 27.7. The van der Waals surface area contributed by atoms with E-state index in [1.165, 1.54) is 13.1 Å². The number of carbonyl (C=O) groups is 5. The zero-order valence-corrected chi connectivity index (χ0v) is 46.7. The molecule has 0 saturated carbocycles. The van der Waals surface area contributed by atoms with E-state index in [4.69, 9.17) is 30.7 Å². The topological polar surface area (TPSA) is 214 Å². The summed E-state index contributed by atoms with van der Waals surface area (Å²) in [5, 5.41) is 10.7. The second kappa shape index (κ2) is 30.5. The lowest BCUT2D eigenvalue weighted by Crippen LogP contribution is -2.51. The summed E-state index contributed by atoms with van der Waals surface area (Å²) in [5.74, 6) is 1.64. The van der Waals surface area contributed by atoms with Crippen LogP contribution in [-0.4, -0.2) is 153 Å². The van der Waals surface area contributed by atoms with E-state index in [9.17, 15) is 23.6 Å². The average molecular weight is 1100 g/mol. The SMILES string of the molecule is C#Cc1c(F)ccc2cccc(-c3ncc4c(N5CC6CCC(C5)N6)nc(OCC56CCC(COCCCCCCCCNc7cccc(C=O)c7C=O)N5CC(=C)C6)nc4c3F)c12.C=O.CCCC(C(=O)NC=O)N(C)C.CN. The maximum Gasteiger partial charge on any atom is 0.319 e. The molecule has 0 spiro atoms. The number of hydrogen-bond donors (Lipinski definition) is 4. The van der Waals surface area contributed by atoms with Gasteiger partial charge in [0.2, 0.25) is 12.3 Å². The number of aromatic nitrogens is 3. The molecule has 3 aromatic carbocycles. The second-order valence-corrected chi connectivity index (χ2v) is 20.8. The van der Waals surface area contributed by atoms with Crippen molar-refractivity contribution >= 4 is 64.9 Å². The fourth-order valence-corrected chi connectivity index (χ4v) is 11.6. The number of imide groups is 1. The quantitative estimate of drug-likeness (QED) is 0.0199. The van der Waals surface area contributed by atoms with Crippen molar-refractivity contribution < 1.29 is 42.2 Å². The number of carbonyl (C=O) groups excluding carboxylic acids is 5. The monoisotopic (exact) mass is 1100 g/mol. The summed E-state index contributed by atoms with van der Waals surface area (Å²) in [6.07, 6.45) is 22.2. The standard InChI is InChI=1S/C51H55F2N7O4.C8H16N2O2.CH5N.CH2O/c1-3-39-43(52)19-16-34-12-10-14-40(45(34)39)47-46(53)48-41(25-55-47)49(59-27-36-17-18-37(28-59)56-36)58-50(57-48)64-32-51-21-20-38(60(51)26-33(2)24-51)31-63-23-9-7-5-4-6-8-22-54-44-15-11-13-35(29-61)42(44)30-62;1-4-5-7(10(2)3)8(12)9-6-11;2*1-2/h1,10-16,19,25,29-30,36-38,54,56H,2,4-9,17-18,20-24,26-28,31-32H2;6-7H,4-5H2,1-3H3,(H,9,11,12);2H2,1H3;1H2. The van der Waals surface area contributed by atoms with Crippen LogP contribution in [0.15, 0.2) is 66.9 Å². The van der Waals surface area contributed by atoms with Gasteiger partial charge in [-0.25, -0.2) is 8.78 Å². The lowest BCUT2D eigenvalue weighted by Gasteiger charge is -2.35. The minimum absolute atomic E-state index is 0.0334. The molecule has 4 aliphatic rings. The number of aldehydes is 2. The van der Waals surface area contributed by atoms with E-state index in [-0.39, 0.29) is 46.3 Å². The molecule has 17 nitrogen and oxygen atoms in total. The predicted molar refractivity (Wildman–Crippen MR) is 310 cm³/mol. The molecule has 5 unspecified atom stereocenters. The fraction of sp³-hybridized carbons (Fsp3) is 0.475. The molecule has 4 aliphatic heterocycles. The maximum absolute atomic E-state index is 17.1. The van der Waals surface area contributed by atoms with Crippen LogP contribution in [0.25, 0.3) is 32.9 Å². The van der Waals surface area contributed by atoms with E-state index < -0.39 is 11.6 Å². The third kappa shape index (κ3) is 14.8. The minimum Gasteiger partial charge on any atom is -0.461 e. The normalized spacial score (nSPS) is 19.4. The number of benzene rings is 3. The largest absolute Gasteiger partial charge is 0.461 e. The first-order valence-electron chi connectivity index (χ1n) is 27.7. The van der Waals surface area contributed by atoms with Gasteiger partial charge >= 0.3 is 6.01 Å². The molecule has 4 fully saturated rings. The van der Waals surface area contributed by atoms with Crippen molar-refractivity contribution in [1.82, 2.24) is 35.4 Å². The number of likely N-dealkylation sites (N-methyl/N-ethyl adjacent to an activating group) is 1. The molecule has 4 saturated heterocycles. The Labute approximate surface area is 468 Å². The fourth-order valence-electron chi connectivity index (χ4n) is 11.6. The Morgan fingerprint density at radius 2 is 1.71 bits per heavy atom. The van der Waals surface area contributed by atoms with E-state index in [0.717, 1.165) is 122 Å². The molecule has 0 aliphatic carbocycles. The Balaban J connectivity index is 0.000000569. The summed E-state index contributed by atoms with van der Waals surface area (Å²) in [7, 11) is 5.15. The average Bonchev–Trinajstić information content (AvgIpc) is 4.26. The molecule has 80 heavy (non-hydrogen) atoms. The highest BCUT2D eigenvalue weighted by atomic mass is 19.1. The molecule has 6 heterocycles. The summed E-state index contributed by atoms with van der Waals surface area (Å²) in [5.41, 5.74) is 7.46. The van der Waals surface area contributed by atoms with E-state index in [1.807, 2.05) is 44.8 Å². The summed E-state index contributed by atoms with van der Waals surface area (Å²) >= 11 is 0. The second-order valence-electron chi connectivity index (χ2n) is 20.8. The van der Waals surface area contributed by atoms with Gasteiger partial charge < -0.3 is 35.5 Å². The number of fused-ring (bicyclic) bond motifs is 5. The number of halogens is 2. The van der Waals surface area contributed by atoms with Gasteiger partial charge in [-0.2, -0.15) is 9.97 Å². The van der Waals surface area contributed by atoms with Crippen LogP contribution >= 0.6 is 0 Å². The summed E-state index contributed by atoms with van der Waals surface area (Å²) in [6.45, 7) is 13.0. The number of pyridine rings is 1. The zero-order valence-electron chi connectivity index (χ0n) is 46.7. The van der Waals surface area contributed by atoms with Gasteiger partial charge in [0.15, 0.2) is 18.4 Å². The summed E-state index contributed by atoms with van der Waals surface area (Å²) in [6, 6.07) is 14.3. The highest BCUT2D eigenvalue weighted by Gasteiger charge is 2.51. The third-order valence-corrected chi connectivity index (χ3v) is 15.4. The Morgan fingerprint density at radius 1 is 0.988 bits per heavy atom. The Morgan fingerprint density at radius 3 is 2.40 bits per heavy atom. The predicted octanol–water partition coefficient (Wildman–Crippen LogP) is 8.06. The van der Waals surface area contributed by atoms with Crippen molar-refractivity contribution in [3.05, 3.63) is 95.2 Å². The van der Waals surface area contributed by atoms with Crippen LogP contribution < -0.4 is 31.3 Å². The van der Waals surface area contributed by atoms with Gasteiger partial charge in [0.25, 0.3) is 0 Å². The Hall–Kier alpha value is -7.08. The number of rotatable bonds is 24. The molecule has 5 N–H and O–H groups in total. The van der Waals surface area contributed by atoms with Crippen LogP contribution in [0.3, 0.4) is 0 Å². The summed E-state index contributed by atoms with van der Waals surface area (Å²) < 4.78 is 45.0. The molecule has 2 amide bonds. The van der Waals surface area contributed by atoms with Crippen molar-refractivity contribution in [2.45, 2.75) is 120 Å². The molecule has 2 aromatic heterocycles. The Kier molecular flexibility index (Phi) is 23.7. The van der Waals surface area contributed by atoms with E-state index in [0.29, 0.717) is 89.0 Å². The molecule has 5 aromatic rings. The van der Waals surface area contributed by atoms with Crippen molar-refractivity contribution in [1.29, 1.82) is 0 Å². The minimum atomic E-state index is -0.641. The van der Waals surface area contributed by atoms with E-state index >= 15 is 4.39 Å². The number of ether oxygens (including phenoxy) is 2. The highest BCUT2D eigenvalue weighted by molar-refractivity contribution is 6.02. The molecular formula is C61H78F2N10O7. The number of anilines is 2. The number of terminal acetylenes is 1. The van der Waals surface area contributed by atoms with Gasteiger partial charge in [0.05, 0.1) is 29.1 Å². The van der Waals surface area contributed by atoms with E-state index in [1.54, 1.807) is 36.5 Å². The van der Waals surface area contributed by atoms with Gasteiger partial charge in [-0.05, 0) is 90.0 Å². The maximum atomic E-state index is 17.1. The van der Waals surface area contributed by atoms with Crippen molar-refractivity contribution in [3.63, 3.8) is 0 Å². The number of piperazine rings is 1. The number of nitrogens with one attached hydrogen (secondary N) is 3. The number of nitrogens with two attached hydrogens (primary N) is 1. The third-order valence-electron chi connectivity index (χ3n) is 15.4.